The first-order valence-corrected chi connectivity index (χ1v) is 6.30. The molecule has 0 fully saturated rings. The molecule has 0 radical (unpaired) electrons. The van der Waals surface area contributed by atoms with Gasteiger partial charge >= 0.3 is 0 Å². The summed E-state index contributed by atoms with van der Waals surface area (Å²) in [5.74, 6) is 1.01. The smallest absolute Gasteiger partial charge is 0.163 e. The van der Waals surface area contributed by atoms with Crippen molar-refractivity contribution in [2.75, 3.05) is 0 Å². The van der Waals surface area contributed by atoms with Crippen molar-refractivity contribution < 1.29 is 0 Å². The fraction of sp³-hybridized carbons (Fsp3) is 0.615. The van der Waals surface area contributed by atoms with E-state index in [0.29, 0.717) is 0 Å². The molecule has 2 aromatic rings. The molecule has 0 spiro atoms. The Kier molecular flexibility index (Phi) is 3.41. The van der Waals surface area contributed by atoms with Gasteiger partial charge in [0.15, 0.2) is 5.65 Å². The second-order valence-electron chi connectivity index (χ2n) is 5.17. The summed E-state index contributed by atoms with van der Waals surface area (Å²) in [6.45, 7) is 6.68. The molecule has 0 aliphatic rings. The molecular formula is C13H20N4. The van der Waals surface area contributed by atoms with Crippen molar-refractivity contribution in [1.82, 2.24) is 19.6 Å². The molecule has 4 heteroatoms. The summed E-state index contributed by atoms with van der Waals surface area (Å²) in [4.78, 5) is 4.14. The third kappa shape index (κ3) is 2.46. The summed E-state index contributed by atoms with van der Waals surface area (Å²) in [7, 11) is 0. The number of hydrogen-bond donors (Lipinski definition) is 0. The van der Waals surface area contributed by atoms with Gasteiger partial charge in [-0.25, -0.2) is 4.98 Å². The molecule has 17 heavy (non-hydrogen) atoms. The van der Waals surface area contributed by atoms with Crippen LogP contribution in [0.5, 0.6) is 0 Å². The molecule has 0 N–H and O–H groups in total. The van der Waals surface area contributed by atoms with Gasteiger partial charge in [0, 0.05) is 17.7 Å². The Morgan fingerprint density at radius 2 is 2.06 bits per heavy atom. The van der Waals surface area contributed by atoms with Crippen molar-refractivity contribution in [1.29, 1.82) is 0 Å². The van der Waals surface area contributed by atoms with Crippen molar-refractivity contribution in [2.24, 2.45) is 0 Å². The Hall–Kier alpha value is -1.45. The van der Waals surface area contributed by atoms with Gasteiger partial charge < -0.3 is 0 Å². The Morgan fingerprint density at radius 3 is 2.82 bits per heavy atom. The van der Waals surface area contributed by atoms with Crippen molar-refractivity contribution in [3.63, 3.8) is 0 Å². The van der Waals surface area contributed by atoms with Crippen LogP contribution in [0.4, 0.5) is 0 Å². The highest BCUT2D eigenvalue weighted by Gasteiger charge is 2.25. The van der Waals surface area contributed by atoms with E-state index in [0.717, 1.165) is 17.9 Å². The van der Waals surface area contributed by atoms with Gasteiger partial charge in [-0.3, -0.25) is 4.40 Å². The van der Waals surface area contributed by atoms with Crippen molar-refractivity contribution >= 4 is 5.65 Å². The van der Waals surface area contributed by atoms with Gasteiger partial charge in [0.1, 0.15) is 12.2 Å². The SMILES string of the molecule is CCCCCC(C)(C)c1nnc2ccncn12. The highest BCUT2D eigenvalue weighted by atomic mass is 15.3. The van der Waals surface area contributed by atoms with Crippen molar-refractivity contribution in [2.45, 2.75) is 51.9 Å². The topological polar surface area (TPSA) is 43.1 Å². The second-order valence-corrected chi connectivity index (χ2v) is 5.17. The normalized spacial score (nSPS) is 12.2. The van der Waals surface area contributed by atoms with Crippen molar-refractivity contribution in [3.8, 4) is 0 Å². The van der Waals surface area contributed by atoms with E-state index >= 15 is 0 Å². The van der Waals surface area contributed by atoms with Crippen LogP contribution in [0.25, 0.3) is 5.65 Å². The molecular weight excluding hydrogens is 212 g/mol. The highest BCUT2D eigenvalue weighted by Crippen LogP contribution is 2.27. The quantitative estimate of drug-likeness (QED) is 0.744. The number of rotatable bonds is 5. The minimum atomic E-state index is 0.0532. The van der Waals surface area contributed by atoms with E-state index in [2.05, 4.69) is 36.0 Å². The van der Waals surface area contributed by atoms with Crippen LogP contribution in [-0.4, -0.2) is 19.6 Å². The zero-order chi connectivity index (χ0) is 12.3. The van der Waals surface area contributed by atoms with Crippen LogP contribution < -0.4 is 0 Å². The molecule has 2 rings (SSSR count). The number of nitrogens with zero attached hydrogens (tertiary/aromatic N) is 4. The molecule has 92 valence electrons. The molecule has 2 heterocycles. The molecule has 0 saturated carbocycles. The number of unbranched alkanes of at least 4 members (excludes halogenated alkanes) is 2. The number of fused-ring (bicyclic) bond motifs is 1. The fourth-order valence-corrected chi connectivity index (χ4v) is 2.14. The third-order valence-electron chi connectivity index (χ3n) is 3.22. The van der Waals surface area contributed by atoms with Gasteiger partial charge in [0.25, 0.3) is 0 Å². The van der Waals surface area contributed by atoms with E-state index in [-0.39, 0.29) is 5.41 Å². The predicted molar refractivity (Wildman–Crippen MR) is 68.0 cm³/mol. The molecule has 0 bridgehead atoms. The van der Waals surface area contributed by atoms with Crippen LogP contribution in [-0.2, 0) is 5.41 Å². The first-order valence-electron chi connectivity index (χ1n) is 6.30. The maximum atomic E-state index is 4.32. The van der Waals surface area contributed by atoms with Gasteiger partial charge in [0.2, 0.25) is 0 Å². The van der Waals surface area contributed by atoms with Crippen molar-refractivity contribution in [3.05, 3.63) is 24.4 Å². The van der Waals surface area contributed by atoms with E-state index in [1.54, 1.807) is 12.5 Å². The lowest BCUT2D eigenvalue weighted by Gasteiger charge is -2.22. The molecule has 0 atom stereocenters. The monoisotopic (exact) mass is 232 g/mol. The molecule has 0 aliphatic heterocycles. The van der Waals surface area contributed by atoms with Crippen LogP contribution >= 0.6 is 0 Å². The van der Waals surface area contributed by atoms with Crippen LogP contribution in [0.1, 0.15) is 52.3 Å². The Bertz CT molecular complexity index is 487. The van der Waals surface area contributed by atoms with E-state index in [4.69, 9.17) is 0 Å². The minimum absolute atomic E-state index is 0.0532. The van der Waals surface area contributed by atoms with Gasteiger partial charge in [0.05, 0.1) is 0 Å². The Morgan fingerprint density at radius 1 is 1.24 bits per heavy atom. The number of hydrogen-bond acceptors (Lipinski definition) is 3. The van der Waals surface area contributed by atoms with Gasteiger partial charge in [-0.1, -0.05) is 40.0 Å². The summed E-state index contributed by atoms with van der Waals surface area (Å²) in [6.07, 6.45) is 8.44. The maximum absolute atomic E-state index is 4.32. The highest BCUT2D eigenvalue weighted by molar-refractivity contribution is 5.36. The Labute approximate surface area is 102 Å². The molecule has 2 aromatic heterocycles. The molecule has 0 amide bonds. The summed E-state index contributed by atoms with van der Waals surface area (Å²) in [6, 6.07) is 1.89. The van der Waals surface area contributed by atoms with Crippen LogP contribution in [0.15, 0.2) is 18.6 Å². The summed E-state index contributed by atoms with van der Waals surface area (Å²) < 4.78 is 1.99. The van der Waals surface area contributed by atoms with Crippen LogP contribution in [0, 0.1) is 0 Å². The Balaban J connectivity index is 2.25. The maximum Gasteiger partial charge on any atom is 0.163 e. The van der Waals surface area contributed by atoms with Crippen LogP contribution in [0.2, 0.25) is 0 Å². The van der Waals surface area contributed by atoms with E-state index in [9.17, 15) is 0 Å². The summed E-state index contributed by atoms with van der Waals surface area (Å²) in [5, 5.41) is 8.50. The number of aromatic nitrogens is 4. The summed E-state index contributed by atoms with van der Waals surface area (Å²) >= 11 is 0. The fourth-order valence-electron chi connectivity index (χ4n) is 2.14. The molecule has 0 saturated heterocycles. The third-order valence-corrected chi connectivity index (χ3v) is 3.22. The van der Waals surface area contributed by atoms with Crippen LogP contribution in [0.3, 0.4) is 0 Å². The average molecular weight is 232 g/mol. The molecule has 4 nitrogen and oxygen atoms in total. The lowest BCUT2D eigenvalue weighted by atomic mass is 9.86. The zero-order valence-corrected chi connectivity index (χ0v) is 10.8. The molecule has 0 aromatic carbocycles. The first kappa shape index (κ1) is 12.0. The van der Waals surface area contributed by atoms with E-state index in [1.165, 1.54) is 19.3 Å². The van der Waals surface area contributed by atoms with E-state index in [1.807, 2.05) is 10.5 Å². The lowest BCUT2D eigenvalue weighted by Crippen LogP contribution is -2.21. The standard InChI is InChI=1S/C13H20N4/c1-4-5-6-8-13(2,3)12-16-15-11-7-9-14-10-17(11)12/h7,9-10H,4-6,8H2,1-3H3. The molecule has 0 unspecified atom stereocenters. The minimum Gasteiger partial charge on any atom is -0.269 e. The summed E-state index contributed by atoms with van der Waals surface area (Å²) in [5.41, 5.74) is 0.927. The molecule has 0 aliphatic carbocycles. The second kappa shape index (κ2) is 4.82. The van der Waals surface area contributed by atoms with E-state index < -0.39 is 0 Å². The van der Waals surface area contributed by atoms with Gasteiger partial charge in [-0.05, 0) is 6.42 Å². The largest absolute Gasteiger partial charge is 0.269 e. The van der Waals surface area contributed by atoms with Gasteiger partial charge in [-0.15, -0.1) is 10.2 Å². The lowest BCUT2D eigenvalue weighted by molar-refractivity contribution is 0.422. The zero-order valence-electron chi connectivity index (χ0n) is 10.8. The van der Waals surface area contributed by atoms with Gasteiger partial charge in [-0.2, -0.15) is 0 Å². The first-order chi connectivity index (χ1) is 8.15. The predicted octanol–water partition coefficient (Wildman–Crippen LogP) is 2.98. The average Bonchev–Trinajstić information content (AvgIpc) is 2.73.